The molecule has 0 radical (unpaired) electrons. The molecule has 0 aliphatic heterocycles. The number of fused-ring (bicyclic) bond motifs is 3. The van der Waals surface area contributed by atoms with Crippen molar-refractivity contribution in [3.63, 3.8) is 0 Å². The highest BCUT2D eigenvalue weighted by atomic mass is 35.5. The summed E-state index contributed by atoms with van der Waals surface area (Å²) in [6.07, 6.45) is 0. The Bertz CT molecular complexity index is 1200. The van der Waals surface area contributed by atoms with Crippen molar-refractivity contribution in [2.75, 3.05) is 0 Å². The third kappa shape index (κ3) is 1.72. The van der Waals surface area contributed by atoms with E-state index >= 15 is 0 Å². The van der Waals surface area contributed by atoms with Crippen LogP contribution in [-0.4, -0.2) is 28.7 Å². The molecule has 116 valence electrons. The molecular formula is C14H11ClN6O2. The maximum atomic E-state index is 12.2. The summed E-state index contributed by atoms with van der Waals surface area (Å²) in [6.45, 7) is 0. The molecule has 4 rings (SSSR count). The second-order valence-corrected chi connectivity index (χ2v) is 5.60. The molecule has 1 N–H and O–H groups in total. The molecule has 1 aromatic carbocycles. The fraction of sp³-hybridized carbons (Fsp3) is 0.143. The number of aryl methyl sites for hydroxylation is 2. The summed E-state index contributed by atoms with van der Waals surface area (Å²) in [5, 5.41) is 8.82. The van der Waals surface area contributed by atoms with E-state index < -0.39 is 11.2 Å². The van der Waals surface area contributed by atoms with Crippen LogP contribution in [0.25, 0.3) is 28.3 Å². The number of aromatic nitrogens is 6. The monoisotopic (exact) mass is 330 g/mol. The van der Waals surface area contributed by atoms with Crippen LogP contribution in [0, 0.1) is 0 Å². The van der Waals surface area contributed by atoms with Gasteiger partial charge in [0.25, 0.3) is 5.56 Å². The first-order chi connectivity index (χ1) is 11.0. The van der Waals surface area contributed by atoms with Gasteiger partial charge in [0.1, 0.15) is 0 Å². The molecule has 0 amide bonds. The zero-order valence-corrected chi connectivity index (χ0v) is 13.0. The number of H-pyrrole nitrogens is 1. The molecule has 4 aromatic rings. The molecule has 3 aromatic heterocycles. The number of imidazole rings is 1. The Labute approximate surface area is 133 Å². The highest BCUT2D eigenvalue weighted by Gasteiger charge is 2.21. The van der Waals surface area contributed by atoms with Gasteiger partial charge in [-0.05, 0) is 12.1 Å². The Balaban J connectivity index is 2.29. The van der Waals surface area contributed by atoms with Crippen molar-refractivity contribution in [2.24, 2.45) is 14.1 Å². The van der Waals surface area contributed by atoms with Gasteiger partial charge in [-0.25, -0.2) is 9.20 Å². The number of benzene rings is 1. The summed E-state index contributed by atoms with van der Waals surface area (Å²) in [7, 11) is 3.28. The summed E-state index contributed by atoms with van der Waals surface area (Å²) in [5.74, 6) is 0.915. The summed E-state index contributed by atoms with van der Waals surface area (Å²) < 4.78 is 4.61. The quantitative estimate of drug-likeness (QED) is 0.562. The Morgan fingerprint density at radius 1 is 1.09 bits per heavy atom. The van der Waals surface area contributed by atoms with Crippen LogP contribution in [0.15, 0.2) is 33.9 Å². The molecule has 0 spiro atoms. The number of nitrogens with one attached hydrogen (secondary N) is 1. The highest BCUT2D eigenvalue weighted by molar-refractivity contribution is 6.33. The van der Waals surface area contributed by atoms with Gasteiger partial charge in [0.05, 0.1) is 5.02 Å². The van der Waals surface area contributed by atoms with E-state index in [-0.39, 0.29) is 0 Å². The lowest BCUT2D eigenvalue weighted by Crippen LogP contribution is -2.29. The van der Waals surface area contributed by atoms with Gasteiger partial charge in [-0.15, -0.1) is 10.2 Å². The van der Waals surface area contributed by atoms with E-state index in [9.17, 15) is 9.59 Å². The molecule has 0 aliphatic carbocycles. The topological polar surface area (TPSA) is 90.0 Å². The van der Waals surface area contributed by atoms with Gasteiger partial charge >= 0.3 is 5.69 Å². The first-order valence-corrected chi connectivity index (χ1v) is 7.16. The Morgan fingerprint density at radius 3 is 2.57 bits per heavy atom. The molecule has 0 saturated heterocycles. The van der Waals surface area contributed by atoms with Gasteiger partial charge < -0.3 is 4.57 Å². The summed E-state index contributed by atoms with van der Waals surface area (Å²) in [5.41, 5.74) is 0.443. The third-order valence-corrected chi connectivity index (χ3v) is 4.21. The third-order valence-electron chi connectivity index (χ3n) is 3.88. The van der Waals surface area contributed by atoms with Gasteiger partial charge in [0.2, 0.25) is 5.78 Å². The van der Waals surface area contributed by atoms with Crippen molar-refractivity contribution in [3.8, 4) is 11.4 Å². The predicted octanol–water partition coefficient (Wildman–Crippen LogP) is 0.928. The van der Waals surface area contributed by atoms with Crippen molar-refractivity contribution in [3.05, 3.63) is 50.1 Å². The minimum Gasteiger partial charge on any atom is -0.305 e. The summed E-state index contributed by atoms with van der Waals surface area (Å²) in [4.78, 5) is 26.4. The maximum Gasteiger partial charge on any atom is 0.329 e. The van der Waals surface area contributed by atoms with E-state index in [0.29, 0.717) is 33.4 Å². The summed E-state index contributed by atoms with van der Waals surface area (Å²) in [6, 6.07) is 7.20. The van der Waals surface area contributed by atoms with E-state index in [1.807, 2.05) is 18.2 Å². The molecule has 0 bridgehead atoms. The predicted molar refractivity (Wildman–Crippen MR) is 85.8 cm³/mol. The van der Waals surface area contributed by atoms with Crippen LogP contribution in [0.4, 0.5) is 0 Å². The highest BCUT2D eigenvalue weighted by Crippen LogP contribution is 2.28. The number of rotatable bonds is 1. The number of hydrogen-bond acceptors (Lipinski definition) is 4. The first-order valence-electron chi connectivity index (χ1n) is 6.78. The molecule has 0 atom stereocenters. The van der Waals surface area contributed by atoms with E-state index in [0.717, 1.165) is 0 Å². The molecule has 0 unspecified atom stereocenters. The van der Waals surface area contributed by atoms with Crippen molar-refractivity contribution in [1.29, 1.82) is 0 Å². The lowest BCUT2D eigenvalue weighted by molar-refractivity contribution is 0.822. The van der Waals surface area contributed by atoms with Crippen LogP contribution >= 0.6 is 11.6 Å². The van der Waals surface area contributed by atoms with Gasteiger partial charge in [-0.1, -0.05) is 23.7 Å². The first kappa shape index (κ1) is 13.8. The Kier molecular flexibility index (Phi) is 2.73. The van der Waals surface area contributed by atoms with Crippen LogP contribution in [0.5, 0.6) is 0 Å². The molecule has 0 saturated carbocycles. The minimum atomic E-state index is -0.506. The lowest BCUT2D eigenvalue weighted by atomic mass is 10.2. The normalized spacial score (nSPS) is 11.6. The van der Waals surface area contributed by atoms with Gasteiger partial charge in [0.15, 0.2) is 17.0 Å². The van der Waals surface area contributed by atoms with Crippen molar-refractivity contribution in [1.82, 2.24) is 28.7 Å². The standard InChI is InChI=1S/C14H11ClN6O2/c1-19-9-11(22)16-14(23)20(2)12(9)21-10(17-18-13(19)21)7-5-3-4-6-8(7)15/h3-6H,1-2H3,(H,16,22,23). The van der Waals surface area contributed by atoms with Crippen molar-refractivity contribution in [2.45, 2.75) is 0 Å². The Morgan fingerprint density at radius 2 is 1.83 bits per heavy atom. The van der Waals surface area contributed by atoms with Crippen molar-refractivity contribution >= 4 is 28.5 Å². The number of nitrogens with zero attached hydrogens (tertiary/aromatic N) is 5. The van der Waals surface area contributed by atoms with E-state index in [1.165, 1.54) is 4.57 Å². The number of aromatic amines is 1. The molecule has 23 heavy (non-hydrogen) atoms. The molecule has 3 heterocycles. The van der Waals surface area contributed by atoms with Crippen LogP contribution in [-0.2, 0) is 14.1 Å². The zero-order chi connectivity index (χ0) is 16.3. The van der Waals surface area contributed by atoms with Crippen LogP contribution in [0.3, 0.4) is 0 Å². The van der Waals surface area contributed by atoms with Gasteiger partial charge in [-0.2, -0.15) is 0 Å². The smallest absolute Gasteiger partial charge is 0.305 e. The van der Waals surface area contributed by atoms with Crippen LogP contribution < -0.4 is 11.2 Å². The van der Waals surface area contributed by atoms with Gasteiger partial charge in [0, 0.05) is 19.7 Å². The van der Waals surface area contributed by atoms with Crippen molar-refractivity contribution < 1.29 is 0 Å². The average molecular weight is 331 g/mol. The zero-order valence-electron chi connectivity index (χ0n) is 12.2. The molecule has 0 aliphatic rings. The average Bonchev–Trinajstić information content (AvgIpc) is 3.06. The van der Waals surface area contributed by atoms with E-state index in [1.54, 1.807) is 29.1 Å². The fourth-order valence-corrected chi connectivity index (χ4v) is 2.98. The van der Waals surface area contributed by atoms with Gasteiger partial charge in [-0.3, -0.25) is 14.3 Å². The largest absolute Gasteiger partial charge is 0.329 e. The van der Waals surface area contributed by atoms with E-state index in [4.69, 9.17) is 11.6 Å². The number of hydrogen-bond donors (Lipinski definition) is 1. The SMILES string of the molecule is Cn1c(=O)[nH]c(=O)c2c1n1c(-c3ccccc3Cl)nnc1n2C. The maximum absolute atomic E-state index is 12.2. The number of halogens is 1. The van der Waals surface area contributed by atoms with E-state index in [2.05, 4.69) is 15.2 Å². The lowest BCUT2D eigenvalue weighted by Gasteiger charge is -2.03. The molecule has 8 nitrogen and oxygen atoms in total. The minimum absolute atomic E-state index is 0.338. The summed E-state index contributed by atoms with van der Waals surface area (Å²) >= 11 is 6.25. The van der Waals surface area contributed by atoms with Crippen LogP contribution in [0.1, 0.15) is 0 Å². The van der Waals surface area contributed by atoms with Crippen LogP contribution in [0.2, 0.25) is 5.02 Å². The molecular weight excluding hydrogens is 320 g/mol. The fourth-order valence-electron chi connectivity index (χ4n) is 2.76. The second-order valence-electron chi connectivity index (χ2n) is 5.19. The molecule has 0 fully saturated rings. The Hall–Kier alpha value is -2.87. The second kappa shape index (κ2) is 4.56. The molecule has 9 heteroatoms.